The van der Waals surface area contributed by atoms with E-state index in [0.717, 1.165) is 51.3 Å². The number of hydrogen-bond acceptors (Lipinski definition) is 5. The molecule has 2 aliphatic heterocycles. The Morgan fingerprint density at radius 2 is 2.00 bits per heavy atom. The SMILES string of the molecule is COCCNC(=O)[C@H]1CCCN(C2CCN(Cc3cccc(OC)c3)CC2)C1. The van der Waals surface area contributed by atoms with Crippen LogP contribution in [0.5, 0.6) is 5.75 Å². The minimum atomic E-state index is 0.125. The van der Waals surface area contributed by atoms with E-state index in [2.05, 4.69) is 33.3 Å². The molecule has 1 aromatic rings. The molecule has 6 nitrogen and oxygen atoms in total. The molecular formula is C22H35N3O3. The Hall–Kier alpha value is -1.63. The zero-order valence-electron chi connectivity index (χ0n) is 17.4. The standard InChI is InChI=1S/C22H35N3O3/c1-27-14-10-23-22(26)19-6-4-11-25(17-19)20-8-12-24(13-9-20)16-18-5-3-7-21(15-18)28-2/h3,5,7,15,19-20H,4,6,8-14,16-17H2,1-2H3,(H,23,26)/t19-/m0/s1. The molecule has 2 saturated heterocycles. The van der Waals surface area contributed by atoms with Gasteiger partial charge in [0.05, 0.1) is 19.6 Å². The van der Waals surface area contributed by atoms with Gasteiger partial charge in [-0.1, -0.05) is 12.1 Å². The van der Waals surface area contributed by atoms with E-state index in [-0.39, 0.29) is 11.8 Å². The maximum Gasteiger partial charge on any atom is 0.224 e. The smallest absolute Gasteiger partial charge is 0.224 e. The first kappa shape index (κ1) is 21.1. The van der Waals surface area contributed by atoms with E-state index >= 15 is 0 Å². The summed E-state index contributed by atoms with van der Waals surface area (Å²) in [5.74, 6) is 1.24. The number of benzene rings is 1. The van der Waals surface area contributed by atoms with Crippen LogP contribution >= 0.6 is 0 Å². The lowest BCUT2D eigenvalue weighted by Crippen LogP contribution is -2.50. The van der Waals surface area contributed by atoms with Gasteiger partial charge in [-0.25, -0.2) is 0 Å². The van der Waals surface area contributed by atoms with Crippen LogP contribution in [0, 0.1) is 5.92 Å². The summed E-state index contributed by atoms with van der Waals surface area (Å²) in [6.45, 7) is 6.42. The van der Waals surface area contributed by atoms with Gasteiger partial charge in [-0.15, -0.1) is 0 Å². The highest BCUT2D eigenvalue weighted by atomic mass is 16.5. The second-order valence-electron chi connectivity index (χ2n) is 7.98. The first-order valence-corrected chi connectivity index (χ1v) is 10.6. The van der Waals surface area contributed by atoms with E-state index in [1.54, 1.807) is 14.2 Å². The molecule has 0 aliphatic carbocycles. The molecule has 1 aromatic carbocycles. The van der Waals surface area contributed by atoms with Crippen molar-refractivity contribution in [1.82, 2.24) is 15.1 Å². The molecule has 0 unspecified atom stereocenters. The van der Waals surface area contributed by atoms with E-state index < -0.39 is 0 Å². The monoisotopic (exact) mass is 389 g/mol. The molecule has 0 saturated carbocycles. The quantitative estimate of drug-likeness (QED) is 0.691. The van der Waals surface area contributed by atoms with Crippen LogP contribution < -0.4 is 10.1 Å². The summed E-state index contributed by atoms with van der Waals surface area (Å²) < 4.78 is 10.4. The van der Waals surface area contributed by atoms with Crippen molar-refractivity contribution in [1.29, 1.82) is 0 Å². The third kappa shape index (κ3) is 5.93. The lowest BCUT2D eigenvalue weighted by atomic mass is 9.93. The van der Waals surface area contributed by atoms with E-state index in [1.165, 1.54) is 18.4 Å². The van der Waals surface area contributed by atoms with Gasteiger partial charge in [-0.05, 0) is 63.0 Å². The highest BCUT2D eigenvalue weighted by Crippen LogP contribution is 2.25. The largest absolute Gasteiger partial charge is 0.497 e. The lowest BCUT2D eigenvalue weighted by molar-refractivity contribution is -0.127. The summed E-state index contributed by atoms with van der Waals surface area (Å²) in [7, 11) is 3.38. The molecule has 28 heavy (non-hydrogen) atoms. The van der Waals surface area contributed by atoms with Crippen molar-refractivity contribution in [3.05, 3.63) is 29.8 Å². The van der Waals surface area contributed by atoms with Crippen LogP contribution in [-0.4, -0.2) is 75.3 Å². The zero-order chi connectivity index (χ0) is 19.8. The number of nitrogens with zero attached hydrogens (tertiary/aromatic N) is 2. The van der Waals surface area contributed by atoms with Crippen molar-refractivity contribution >= 4 is 5.91 Å². The second-order valence-corrected chi connectivity index (χ2v) is 7.98. The molecule has 0 aromatic heterocycles. The van der Waals surface area contributed by atoms with Gasteiger partial charge >= 0.3 is 0 Å². The Bertz CT molecular complexity index is 617. The number of nitrogens with one attached hydrogen (secondary N) is 1. The molecule has 2 aliphatic rings. The number of piperidine rings is 2. The van der Waals surface area contributed by atoms with Gasteiger partial charge in [0.25, 0.3) is 0 Å². The van der Waals surface area contributed by atoms with E-state index in [9.17, 15) is 4.79 Å². The Kier molecular flexibility index (Phi) is 8.13. The van der Waals surface area contributed by atoms with E-state index in [1.807, 2.05) is 6.07 Å². The highest BCUT2D eigenvalue weighted by Gasteiger charge is 2.31. The average Bonchev–Trinajstić information content (AvgIpc) is 2.74. The Morgan fingerprint density at radius 3 is 2.75 bits per heavy atom. The number of carbonyl (C=O) groups excluding carboxylic acids is 1. The average molecular weight is 390 g/mol. The van der Waals surface area contributed by atoms with Crippen LogP contribution in [0.15, 0.2) is 24.3 Å². The van der Waals surface area contributed by atoms with Crippen molar-refractivity contribution in [3.8, 4) is 5.75 Å². The number of ether oxygens (including phenoxy) is 2. The van der Waals surface area contributed by atoms with Gasteiger partial charge in [-0.2, -0.15) is 0 Å². The number of amides is 1. The molecule has 1 N–H and O–H groups in total. The highest BCUT2D eigenvalue weighted by molar-refractivity contribution is 5.78. The number of rotatable bonds is 8. The topological polar surface area (TPSA) is 54.0 Å². The first-order chi connectivity index (χ1) is 13.7. The number of likely N-dealkylation sites (tertiary alicyclic amines) is 2. The summed E-state index contributed by atoms with van der Waals surface area (Å²) in [5, 5.41) is 3.01. The molecule has 2 fully saturated rings. The molecular weight excluding hydrogens is 354 g/mol. The molecule has 0 radical (unpaired) electrons. The van der Waals surface area contributed by atoms with Gasteiger partial charge in [-0.3, -0.25) is 14.6 Å². The summed E-state index contributed by atoms with van der Waals surface area (Å²) in [5.41, 5.74) is 1.31. The first-order valence-electron chi connectivity index (χ1n) is 10.6. The second kappa shape index (κ2) is 10.8. The summed E-state index contributed by atoms with van der Waals surface area (Å²) >= 11 is 0. The van der Waals surface area contributed by atoms with Crippen molar-refractivity contribution in [2.75, 3.05) is 53.6 Å². The number of hydrogen-bond donors (Lipinski definition) is 1. The van der Waals surface area contributed by atoms with E-state index in [0.29, 0.717) is 19.2 Å². The van der Waals surface area contributed by atoms with Crippen LogP contribution in [0.2, 0.25) is 0 Å². The van der Waals surface area contributed by atoms with Crippen molar-refractivity contribution < 1.29 is 14.3 Å². The van der Waals surface area contributed by atoms with Crippen LogP contribution in [0.4, 0.5) is 0 Å². The fraction of sp³-hybridized carbons (Fsp3) is 0.682. The summed E-state index contributed by atoms with van der Waals surface area (Å²) in [6, 6.07) is 8.96. The van der Waals surface area contributed by atoms with Gasteiger partial charge in [0.15, 0.2) is 0 Å². The van der Waals surface area contributed by atoms with Crippen LogP contribution in [0.25, 0.3) is 0 Å². The fourth-order valence-corrected chi connectivity index (χ4v) is 4.44. The molecule has 6 heteroatoms. The third-order valence-corrected chi connectivity index (χ3v) is 6.04. The number of methoxy groups -OCH3 is 2. The van der Waals surface area contributed by atoms with Crippen LogP contribution in [0.1, 0.15) is 31.2 Å². The predicted molar refractivity (Wildman–Crippen MR) is 110 cm³/mol. The molecule has 1 amide bonds. The fourth-order valence-electron chi connectivity index (χ4n) is 4.44. The molecule has 156 valence electrons. The molecule has 0 bridgehead atoms. The van der Waals surface area contributed by atoms with Crippen LogP contribution in [-0.2, 0) is 16.1 Å². The van der Waals surface area contributed by atoms with Crippen molar-refractivity contribution in [2.45, 2.75) is 38.3 Å². The molecule has 3 rings (SSSR count). The van der Waals surface area contributed by atoms with Gasteiger partial charge in [0.1, 0.15) is 5.75 Å². The third-order valence-electron chi connectivity index (χ3n) is 6.04. The van der Waals surface area contributed by atoms with E-state index in [4.69, 9.17) is 9.47 Å². The Morgan fingerprint density at radius 1 is 1.18 bits per heavy atom. The van der Waals surface area contributed by atoms with Crippen molar-refractivity contribution in [2.24, 2.45) is 5.92 Å². The Balaban J connectivity index is 1.44. The van der Waals surface area contributed by atoms with Crippen molar-refractivity contribution in [3.63, 3.8) is 0 Å². The maximum absolute atomic E-state index is 12.4. The van der Waals surface area contributed by atoms with Gasteiger partial charge in [0.2, 0.25) is 5.91 Å². The normalized spacial score (nSPS) is 22.1. The Labute approximate surface area is 169 Å². The zero-order valence-corrected chi connectivity index (χ0v) is 17.4. The lowest BCUT2D eigenvalue weighted by Gasteiger charge is -2.42. The summed E-state index contributed by atoms with van der Waals surface area (Å²) in [4.78, 5) is 17.5. The van der Waals surface area contributed by atoms with Gasteiger partial charge in [0, 0.05) is 32.8 Å². The predicted octanol–water partition coefficient (Wildman–Crippen LogP) is 2.13. The van der Waals surface area contributed by atoms with Crippen LogP contribution in [0.3, 0.4) is 0 Å². The number of carbonyl (C=O) groups is 1. The minimum Gasteiger partial charge on any atom is -0.497 e. The molecule has 2 heterocycles. The van der Waals surface area contributed by atoms with Gasteiger partial charge < -0.3 is 14.8 Å². The molecule has 0 spiro atoms. The minimum absolute atomic E-state index is 0.125. The summed E-state index contributed by atoms with van der Waals surface area (Å²) in [6.07, 6.45) is 4.49. The molecule has 1 atom stereocenters. The maximum atomic E-state index is 12.4.